The van der Waals surface area contributed by atoms with Crippen LogP contribution in [-0.4, -0.2) is 48.4 Å². The van der Waals surface area contributed by atoms with E-state index in [2.05, 4.69) is 41.4 Å². The van der Waals surface area contributed by atoms with Gasteiger partial charge in [0.1, 0.15) is 0 Å². The molecule has 3 rings (SSSR count). The van der Waals surface area contributed by atoms with E-state index in [0.717, 1.165) is 32.0 Å². The average Bonchev–Trinajstić information content (AvgIpc) is 2.79. The number of nitrogens with one attached hydrogen (secondary N) is 1. The summed E-state index contributed by atoms with van der Waals surface area (Å²) in [6.07, 6.45) is 4.94. The Bertz CT molecular complexity index is 574. The van der Waals surface area contributed by atoms with E-state index in [1.807, 2.05) is 4.90 Å². The fourth-order valence-corrected chi connectivity index (χ4v) is 4.29. The third kappa shape index (κ3) is 5.05. The Morgan fingerprint density at radius 2 is 2.08 bits per heavy atom. The van der Waals surface area contributed by atoms with Crippen molar-refractivity contribution in [3.05, 3.63) is 35.4 Å². The lowest BCUT2D eigenvalue weighted by Gasteiger charge is -2.31. The van der Waals surface area contributed by atoms with Crippen molar-refractivity contribution in [2.75, 3.05) is 32.7 Å². The van der Waals surface area contributed by atoms with Gasteiger partial charge in [0, 0.05) is 32.6 Å². The molecule has 2 heterocycles. The molecule has 0 saturated carbocycles. The molecule has 0 spiro atoms. The molecule has 0 radical (unpaired) electrons. The monoisotopic (exact) mass is 343 g/mol. The lowest BCUT2D eigenvalue weighted by molar-refractivity contribution is -0.129. The number of likely N-dealkylation sites (tertiary alicyclic amines) is 1. The highest BCUT2D eigenvalue weighted by Gasteiger charge is 2.23. The lowest BCUT2D eigenvalue weighted by Crippen LogP contribution is -2.36. The highest BCUT2D eigenvalue weighted by molar-refractivity contribution is 5.73. The molecule has 1 aromatic carbocycles. The fraction of sp³-hybridized carbons (Fsp3) is 0.667. The molecule has 2 aliphatic rings. The van der Waals surface area contributed by atoms with Crippen LogP contribution in [0.3, 0.4) is 0 Å². The molecule has 0 aromatic heterocycles. The predicted octanol–water partition coefficient (Wildman–Crippen LogP) is 3.19. The van der Waals surface area contributed by atoms with Crippen LogP contribution in [0.4, 0.5) is 0 Å². The highest BCUT2D eigenvalue weighted by Crippen LogP contribution is 2.26. The smallest absolute Gasteiger partial charge is 0.219 e. The minimum absolute atomic E-state index is 0.176. The van der Waals surface area contributed by atoms with Gasteiger partial charge >= 0.3 is 0 Å². The first-order valence-electron chi connectivity index (χ1n) is 9.92. The van der Waals surface area contributed by atoms with Gasteiger partial charge in [-0.05, 0) is 62.4 Å². The summed E-state index contributed by atoms with van der Waals surface area (Å²) in [6.45, 7) is 10.4. The molecule has 2 aliphatic heterocycles. The van der Waals surface area contributed by atoms with Crippen molar-refractivity contribution in [1.82, 2.24) is 15.1 Å². The normalized spacial score (nSPS) is 24.6. The number of rotatable bonds is 5. The quantitative estimate of drug-likeness (QED) is 0.834. The number of benzene rings is 1. The maximum Gasteiger partial charge on any atom is 0.219 e. The van der Waals surface area contributed by atoms with Gasteiger partial charge in [0.05, 0.1) is 0 Å². The molecule has 0 unspecified atom stereocenters. The summed E-state index contributed by atoms with van der Waals surface area (Å²) in [5.41, 5.74) is 2.66. The van der Waals surface area contributed by atoms with E-state index in [9.17, 15) is 4.79 Å². The van der Waals surface area contributed by atoms with Crippen LogP contribution < -0.4 is 5.32 Å². The van der Waals surface area contributed by atoms with E-state index in [1.165, 1.54) is 50.0 Å². The number of amides is 1. The van der Waals surface area contributed by atoms with Crippen LogP contribution in [0.2, 0.25) is 0 Å². The van der Waals surface area contributed by atoms with Gasteiger partial charge < -0.3 is 15.1 Å². The van der Waals surface area contributed by atoms with Gasteiger partial charge in [-0.15, -0.1) is 0 Å². The predicted molar refractivity (Wildman–Crippen MR) is 102 cm³/mol. The maximum atomic E-state index is 11.8. The Balaban J connectivity index is 1.52. The SMILES string of the molecule is CC(=O)N1CC[C@@H](NCCCN2CCC[C@@H](C)C2)c2ccccc2C1. The first-order chi connectivity index (χ1) is 12.1. The zero-order chi connectivity index (χ0) is 17.6. The molecule has 1 amide bonds. The average molecular weight is 344 g/mol. The Labute approximate surface area is 152 Å². The summed E-state index contributed by atoms with van der Waals surface area (Å²) in [7, 11) is 0. The van der Waals surface area contributed by atoms with Gasteiger partial charge in [0.25, 0.3) is 0 Å². The first-order valence-corrected chi connectivity index (χ1v) is 9.92. The molecule has 4 nitrogen and oxygen atoms in total. The van der Waals surface area contributed by atoms with Gasteiger partial charge in [0.15, 0.2) is 0 Å². The number of hydrogen-bond acceptors (Lipinski definition) is 3. The van der Waals surface area contributed by atoms with Gasteiger partial charge in [-0.3, -0.25) is 4.79 Å². The fourth-order valence-electron chi connectivity index (χ4n) is 4.29. The number of carbonyl (C=O) groups excluding carboxylic acids is 1. The highest BCUT2D eigenvalue weighted by atomic mass is 16.2. The second-order valence-corrected chi connectivity index (χ2v) is 7.84. The molecule has 1 fully saturated rings. The molecule has 2 atom stereocenters. The number of nitrogens with zero attached hydrogens (tertiary/aromatic N) is 2. The van der Waals surface area contributed by atoms with Crippen molar-refractivity contribution >= 4 is 5.91 Å². The van der Waals surface area contributed by atoms with Crippen molar-refractivity contribution in [3.8, 4) is 0 Å². The largest absolute Gasteiger partial charge is 0.339 e. The van der Waals surface area contributed by atoms with Gasteiger partial charge in [-0.1, -0.05) is 31.2 Å². The molecule has 138 valence electrons. The van der Waals surface area contributed by atoms with Crippen molar-refractivity contribution < 1.29 is 4.79 Å². The Hall–Kier alpha value is -1.39. The standard InChI is InChI=1S/C21H33N3O/c1-17-7-5-12-23(15-17)13-6-11-22-21-10-14-24(18(2)25)16-19-8-3-4-9-20(19)21/h3-4,8-9,17,21-22H,5-7,10-16H2,1-2H3/t17-,21-/m1/s1. The van der Waals surface area contributed by atoms with Gasteiger partial charge in [0.2, 0.25) is 5.91 Å². The summed E-state index contributed by atoms with van der Waals surface area (Å²) in [5.74, 6) is 1.03. The van der Waals surface area contributed by atoms with E-state index in [1.54, 1.807) is 6.92 Å². The van der Waals surface area contributed by atoms with Gasteiger partial charge in [-0.2, -0.15) is 0 Å². The molecule has 0 aliphatic carbocycles. The second kappa shape index (κ2) is 8.81. The van der Waals surface area contributed by atoms with Crippen LogP contribution in [0.5, 0.6) is 0 Å². The van der Waals surface area contributed by atoms with Crippen LogP contribution in [0.15, 0.2) is 24.3 Å². The molecule has 1 saturated heterocycles. The van der Waals surface area contributed by atoms with Crippen LogP contribution >= 0.6 is 0 Å². The first kappa shape index (κ1) is 18.4. The maximum absolute atomic E-state index is 11.8. The summed E-state index contributed by atoms with van der Waals surface area (Å²) in [4.78, 5) is 16.4. The number of fused-ring (bicyclic) bond motifs is 1. The summed E-state index contributed by atoms with van der Waals surface area (Å²) in [6, 6.07) is 8.95. The van der Waals surface area contributed by atoms with Crippen molar-refractivity contribution in [2.24, 2.45) is 5.92 Å². The van der Waals surface area contributed by atoms with E-state index in [4.69, 9.17) is 0 Å². The molecule has 25 heavy (non-hydrogen) atoms. The number of carbonyl (C=O) groups is 1. The zero-order valence-corrected chi connectivity index (χ0v) is 15.8. The van der Waals surface area contributed by atoms with Crippen LogP contribution in [0, 0.1) is 5.92 Å². The topological polar surface area (TPSA) is 35.6 Å². The van der Waals surface area contributed by atoms with E-state index in [0.29, 0.717) is 6.04 Å². The third-order valence-electron chi connectivity index (χ3n) is 5.71. The number of hydrogen-bond donors (Lipinski definition) is 1. The van der Waals surface area contributed by atoms with E-state index >= 15 is 0 Å². The molecule has 0 bridgehead atoms. The Morgan fingerprint density at radius 1 is 1.24 bits per heavy atom. The summed E-state index contributed by atoms with van der Waals surface area (Å²) >= 11 is 0. The van der Waals surface area contributed by atoms with Crippen molar-refractivity contribution in [3.63, 3.8) is 0 Å². The summed E-state index contributed by atoms with van der Waals surface area (Å²) in [5, 5.41) is 3.76. The molecular formula is C21H33N3O. The van der Waals surface area contributed by atoms with E-state index in [-0.39, 0.29) is 5.91 Å². The van der Waals surface area contributed by atoms with Crippen LogP contribution in [0.1, 0.15) is 56.7 Å². The minimum Gasteiger partial charge on any atom is -0.339 e. The van der Waals surface area contributed by atoms with Crippen molar-refractivity contribution in [1.29, 1.82) is 0 Å². The molecular weight excluding hydrogens is 310 g/mol. The van der Waals surface area contributed by atoms with Crippen molar-refractivity contribution in [2.45, 2.75) is 52.1 Å². The summed E-state index contributed by atoms with van der Waals surface area (Å²) < 4.78 is 0. The zero-order valence-electron chi connectivity index (χ0n) is 15.8. The second-order valence-electron chi connectivity index (χ2n) is 7.84. The molecule has 1 aromatic rings. The van der Waals surface area contributed by atoms with Crippen LogP contribution in [-0.2, 0) is 11.3 Å². The Kier molecular flexibility index (Phi) is 6.49. The minimum atomic E-state index is 0.176. The molecule has 4 heteroatoms. The van der Waals surface area contributed by atoms with Gasteiger partial charge in [-0.25, -0.2) is 0 Å². The molecule has 1 N–H and O–H groups in total. The van der Waals surface area contributed by atoms with Crippen LogP contribution in [0.25, 0.3) is 0 Å². The van der Waals surface area contributed by atoms with E-state index < -0.39 is 0 Å². The number of piperidine rings is 1. The lowest BCUT2D eigenvalue weighted by atomic mass is 9.99. The third-order valence-corrected chi connectivity index (χ3v) is 5.71. The Morgan fingerprint density at radius 3 is 2.88 bits per heavy atom.